The van der Waals surface area contributed by atoms with Crippen LogP contribution in [-0.2, 0) is 43.0 Å². The van der Waals surface area contributed by atoms with Crippen LogP contribution in [0.1, 0.15) is 173 Å². The van der Waals surface area contributed by atoms with E-state index >= 15 is 0 Å². The molecule has 0 radical (unpaired) electrons. The molecular weight excluding hydrogens is 805 g/mol. The summed E-state index contributed by atoms with van der Waals surface area (Å²) in [5.41, 5.74) is 0. The maximum Gasteiger partial charge on any atom is 0.229 e. The van der Waals surface area contributed by atoms with Gasteiger partial charge in [0, 0.05) is 140 Å². The predicted molar refractivity (Wildman–Crippen MR) is 245 cm³/mol. The number of Topliss-reactive ketones (excluding diaryl/α,β-unsaturated/α-hetero) is 1. The van der Waals surface area contributed by atoms with E-state index in [0.29, 0.717) is 67.4 Å². The average Bonchev–Trinajstić information content (AvgIpc) is 3.96. The molecule has 15 nitrogen and oxygen atoms in total. The minimum absolute atomic E-state index is 0.0174. The van der Waals surface area contributed by atoms with Gasteiger partial charge in [-0.1, -0.05) is 0 Å². The molecule has 7 fully saturated rings. The standard InChI is InChI=1S/C10H19NO2.C8H13NO2.2C8H15NO.C7H11NO2.C7H13NO/c1-9(2)11-5-3-10(4-6-11)12-7-8-13-10;1-6(2)9-7(10)4-3-5-8(9)11;1-7(2)9-5-3-8(10)4-6-9;1-7(2)9-6-4-3-5-8(9)10;1-5(2)8-6(9)3-4-7(8)10;1-6(2)8-5-3-4-7(8)9/h9H,3-8H2,1-2H3;6H,3-5H2,1-2H3;2*7H,3-6H2,1-2H3;5H,3-4H2,1-2H3;6H,3-5H2,1-2H3. The summed E-state index contributed by atoms with van der Waals surface area (Å²) in [5.74, 6) is 0.793. The Bertz CT molecular complexity index is 1420. The lowest BCUT2D eigenvalue weighted by molar-refractivity contribution is -0.187. The van der Waals surface area contributed by atoms with Crippen LogP contribution in [0, 0.1) is 0 Å². The molecule has 7 rings (SSSR count). The van der Waals surface area contributed by atoms with E-state index in [1.165, 1.54) is 16.2 Å². The highest BCUT2D eigenvalue weighted by atomic mass is 16.7. The van der Waals surface area contributed by atoms with Crippen LogP contribution in [0.15, 0.2) is 0 Å². The second-order valence-corrected chi connectivity index (χ2v) is 19.2. The van der Waals surface area contributed by atoms with Crippen LogP contribution in [0.4, 0.5) is 0 Å². The van der Waals surface area contributed by atoms with Crippen molar-refractivity contribution >= 4 is 41.2 Å². The average molecular weight is 891 g/mol. The van der Waals surface area contributed by atoms with E-state index in [9.17, 15) is 33.6 Å². The monoisotopic (exact) mass is 891 g/mol. The third-order valence-electron chi connectivity index (χ3n) is 12.3. The van der Waals surface area contributed by atoms with Crippen LogP contribution >= 0.6 is 0 Å². The molecule has 0 aromatic heterocycles. The second kappa shape index (κ2) is 27.9. The molecule has 15 heteroatoms. The Morgan fingerprint density at radius 1 is 0.365 bits per heavy atom. The van der Waals surface area contributed by atoms with Crippen LogP contribution in [-0.4, -0.2) is 165 Å². The van der Waals surface area contributed by atoms with Gasteiger partial charge in [0.1, 0.15) is 5.78 Å². The van der Waals surface area contributed by atoms with Gasteiger partial charge in [-0.3, -0.25) is 43.4 Å². The smallest absolute Gasteiger partial charge is 0.229 e. The van der Waals surface area contributed by atoms with Crippen molar-refractivity contribution in [2.45, 2.75) is 215 Å². The van der Waals surface area contributed by atoms with E-state index in [2.05, 4.69) is 65.2 Å². The first-order chi connectivity index (χ1) is 29.6. The van der Waals surface area contributed by atoms with Crippen molar-refractivity contribution in [1.29, 1.82) is 0 Å². The third-order valence-corrected chi connectivity index (χ3v) is 12.3. The van der Waals surface area contributed by atoms with Crippen LogP contribution in [0.5, 0.6) is 0 Å². The summed E-state index contributed by atoms with van der Waals surface area (Å²) < 4.78 is 11.3. The molecular formula is C48H86N6O9. The minimum atomic E-state index is -0.203. The van der Waals surface area contributed by atoms with Crippen molar-refractivity contribution in [1.82, 2.24) is 29.4 Å². The zero-order valence-corrected chi connectivity index (χ0v) is 41.4. The van der Waals surface area contributed by atoms with Gasteiger partial charge in [0.15, 0.2) is 5.79 Å². The fraction of sp³-hybridized carbons (Fsp3) is 0.854. The number of ketones is 1. The molecule has 0 N–H and O–H groups in total. The summed E-state index contributed by atoms with van der Waals surface area (Å²) in [6, 6.07) is 2.11. The number of piperidine rings is 4. The normalized spacial score (nSPS) is 22.0. The molecule has 1 spiro atoms. The van der Waals surface area contributed by atoms with Crippen LogP contribution in [0.3, 0.4) is 0 Å². The summed E-state index contributed by atoms with van der Waals surface area (Å²) in [4.78, 5) is 88.5. The molecule has 7 saturated heterocycles. The Morgan fingerprint density at radius 2 is 0.730 bits per heavy atom. The zero-order chi connectivity index (χ0) is 47.4. The Balaban J connectivity index is 0.000000261. The number of carbonyl (C=O) groups excluding carboxylic acids is 7. The maximum absolute atomic E-state index is 11.2. The summed E-state index contributed by atoms with van der Waals surface area (Å²) in [6.45, 7) is 32.2. The number of nitrogens with zero attached hydrogens (tertiary/aromatic N) is 6. The fourth-order valence-corrected chi connectivity index (χ4v) is 8.56. The predicted octanol–water partition coefficient (Wildman–Crippen LogP) is 6.20. The molecule has 0 bridgehead atoms. The van der Waals surface area contributed by atoms with Gasteiger partial charge in [-0.15, -0.1) is 0 Å². The lowest BCUT2D eigenvalue weighted by Gasteiger charge is -2.39. The number of hydrogen-bond acceptors (Lipinski definition) is 11. The molecule has 362 valence electrons. The van der Waals surface area contributed by atoms with Gasteiger partial charge in [0.2, 0.25) is 35.4 Å². The van der Waals surface area contributed by atoms with E-state index in [1.807, 2.05) is 37.5 Å². The molecule has 0 unspecified atom stereocenters. The minimum Gasteiger partial charge on any atom is -0.347 e. The van der Waals surface area contributed by atoms with Gasteiger partial charge in [0.05, 0.1) is 13.2 Å². The van der Waals surface area contributed by atoms with Gasteiger partial charge < -0.3 is 29.1 Å². The Kier molecular flexibility index (Phi) is 24.8. The number of likely N-dealkylation sites (tertiary alicyclic amines) is 6. The molecule has 63 heavy (non-hydrogen) atoms. The molecule has 0 aromatic rings. The first-order valence-corrected chi connectivity index (χ1v) is 24.2. The Hall–Kier alpha value is -3.27. The molecule has 0 aliphatic carbocycles. The fourth-order valence-electron chi connectivity index (χ4n) is 8.56. The van der Waals surface area contributed by atoms with Crippen molar-refractivity contribution in [2.75, 3.05) is 52.5 Å². The molecule has 7 aliphatic rings. The van der Waals surface area contributed by atoms with E-state index < -0.39 is 0 Å². The molecule has 7 aliphatic heterocycles. The van der Waals surface area contributed by atoms with Gasteiger partial charge in [0.25, 0.3) is 0 Å². The van der Waals surface area contributed by atoms with Crippen LogP contribution in [0.2, 0.25) is 0 Å². The quantitative estimate of drug-likeness (QED) is 0.280. The van der Waals surface area contributed by atoms with Gasteiger partial charge in [-0.2, -0.15) is 0 Å². The number of rotatable bonds is 6. The summed E-state index contributed by atoms with van der Waals surface area (Å²) in [7, 11) is 0. The largest absolute Gasteiger partial charge is 0.347 e. The number of ether oxygens (including phenoxy) is 2. The van der Waals surface area contributed by atoms with Gasteiger partial charge >= 0.3 is 0 Å². The first-order valence-electron chi connectivity index (χ1n) is 24.2. The van der Waals surface area contributed by atoms with Crippen molar-refractivity contribution in [3.8, 4) is 0 Å². The number of imide groups is 2. The summed E-state index contributed by atoms with van der Waals surface area (Å²) in [5, 5.41) is 0. The number of amides is 6. The zero-order valence-electron chi connectivity index (χ0n) is 41.4. The first kappa shape index (κ1) is 55.9. The molecule has 6 amide bonds. The Morgan fingerprint density at radius 3 is 1.06 bits per heavy atom. The highest BCUT2D eigenvalue weighted by Gasteiger charge is 2.40. The number of carbonyl (C=O) groups is 7. The van der Waals surface area contributed by atoms with Crippen molar-refractivity contribution < 1.29 is 43.0 Å². The third kappa shape index (κ3) is 19.0. The molecule has 0 saturated carbocycles. The van der Waals surface area contributed by atoms with E-state index in [0.717, 1.165) is 110 Å². The SMILES string of the molecule is CC(C)N1C(=O)CCC1=O.CC(C)N1C(=O)CCCC1=O.CC(C)N1CCC(=O)CC1.CC(C)N1CCC2(CC1)OCCO2.CC(C)N1CCCC1=O.CC(C)N1CCCCC1=O. The summed E-state index contributed by atoms with van der Waals surface area (Å²) >= 11 is 0. The van der Waals surface area contributed by atoms with Crippen LogP contribution < -0.4 is 0 Å². The van der Waals surface area contributed by atoms with Crippen LogP contribution in [0.25, 0.3) is 0 Å². The van der Waals surface area contributed by atoms with E-state index in [-0.39, 0.29) is 41.5 Å². The van der Waals surface area contributed by atoms with E-state index in [4.69, 9.17) is 9.47 Å². The van der Waals surface area contributed by atoms with Crippen molar-refractivity contribution in [2.24, 2.45) is 0 Å². The van der Waals surface area contributed by atoms with Crippen molar-refractivity contribution in [3.05, 3.63) is 0 Å². The van der Waals surface area contributed by atoms with E-state index in [1.54, 1.807) is 0 Å². The van der Waals surface area contributed by atoms with Crippen molar-refractivity contribution in [3.63, 3.8) is 0 Å². The molecule has 0 atom stereocenters. The number of hydrogen-bond donors (Lipinski definition) is 0. The Labute approximate surface area is 380 Å². The van der Waals surface area contributed by atoms with Gasteiger partial charge in [-0.25, -0.2) is 0 Å². The topological polar surface area (TPSA) is 157 Å². The highest BCUT2D eigenvalue weighted by Crippen LogP contribution is 2.31. The lowest BCUT2D eigenvalue weighted by Crippen LogP contribution is -2.47. The van der Waals surface area contributed by atoms with Gasteiger partial charge in [-0.05, 0) is 109 Å². The second-order valence-electron chi connectivity index (χ2n) is 19.2. The maximum atomic E-state index is 11.2. The molecule has 0 aromatic carbocycles. The molecule has 7 heterocycles. The lowest BCUT2D eigenvalue weighted by atomic mass is 10.0. The summed E-state index contributed by atoms with van der Waals surface area (Å²) in [6.07, 6.45) is 11.0. The highest BCUT2D eigenvalue weighted by molar-refractivity contribution is 6.02.